The van der Waals surface area contributed by atoms with E-state index in [0.29, 0.717) is 5.69 Å². The van der Waals surface area contributed by atoms with E-state index in [0.717, 1.165) is 18.7 Å². The number of nitrogens with one attached hydrogen (secondary N) is 2. The first-order valence-electron chi connectivity index (χ1n) is 7.64. The summed E-state index contributed by atoms with van der Waals surface area (Å²) < 4.78 is 27.2. The number of halogens is 1. The maximum atomic E-state index is 12.3. The molecule has 0 aromatic heterocycles. The summed E-state index contributed by atoms with van der Waals surface area (Å²) in [5.41, 5.74) is 1.48. The Labute approximate surface area is 142 Å². The van der Waals surface area contributed by atoms with Crippen LogP contribution in [0.5, 0.6) is 0 Å². The smallest absolute Gasteiger partial charge is 0.263 e. The summed E-state index contributed by atoms with van der Waals surface area (Å²) in [6, 6.07) is 13.6. The molecular formula is C17H21ClN2O2S. The van der Waals surface area contributed by atoms with Crippen LogP contribution in [0.25, 0.3) is 0 Å². The van der Waals surface area contributed by atoms with Gasteiger partial charge in [0.1, 0.15) is 4.90 Å². The van der Waals surface area contributed by atoms with Crippen molar-refractivity contribution in [1.29, 1.82) is 0 Å². The number of benzene rings is 2. The van der Waals surface area contributed by atoms with Gasteiger partial charge in [0, 0.05) is 17.9 Å². The van der Waals surface area contributed by atoms with Crippen LogP contribution >= 0.6 is 11.6 Å². The minimum Gasteiger partial charge on any atom is -0.385 e. The Morgan fingerprint density at radius 2 is 1.61 bits per heavy atom. The molecule has 0 saturated carbocycles. The van der Waals surface area contributed by atoms with E-state index in [1.807, 2.05) is 12.1 Å². The van der Waals surface area contributed by atoms with Crippen LogP contribution in [0.1, 0.15) is 26.2 Å². The van der Waals surface area contributed by atoms with E-state index < -0.39 is 10.0 Å². The van der Waals surface area contributed by atoms with Gasteiger partial charge in [-0.1, -0.05) is 43.5 Å². The van der Waals surface area contributed by atoms with Crippen molar-refractivity contribution in [3.63, 3.8) is 0 Å². The third kappa shape index (κ3) is 5.15. The predicted octanol–water partition coefficient (Wildman–Crippen LogP) is 4.74. The van der Waals surface area contributed by atoms with Gasteiger partial charge in [0.2, 0.25) is 0 Å². The SMILES string of the molecule is CCCCCNc1ccc(NS(=O)(=O)c2ccccc2Cl)cc1. The summed E-state index contributed by atoms with van der Waals surface area (Å²) in [5, 5.41) is 3.51. The average Bonchev–Trinajstić information content (AvgIpc) is 2.53. The summed E-state index contributed by atoms with van der Waals surface area (Å²) in [5.74, 6) is 0. The molecule has 0 bridgehead atoms. The minimum absolute atomic E-state index is 0.0726. The van der Waals surface area contributed by atoms with Crippen molar-refractivity contribution in [2.24, 2.45) is 0 Å². The van der Waals surface area contributed by atoms with Crippen molar-refractivity contribution in [3.8, 4) is 0 Å². The summed E-state index contributed by atoms with van der Waals surface area (Å²) in [6.45, 7) is 3.08. The van der Waals surface area contributed by atoms with Gasteiger partial charge in [-0.05, 0) is 42.8 Å². The highest BCUT2D eigenvalue weighted by atomic mass is 35.5. The summed E-state index contributed by atoms with van der Waals surface area (Å²) in [4.78, 5) is 0.0726. The van der Waals surface area contributed by atoms with Gasteiger partial charge in [-0.25, -0.2) is 8.42 Å². The van der Waals surface area contributed by atoms with Gasteiger partial charge in [-0.15, -0.1) is 0 Å². The zero-order valence-corrected chi connectivity index (χ0v) is 14.6. The van der Waals surface area contributed by atoms with Crippen molar-refractivity contribution < 1.29 is 8.42 Å². The molecule has 0 aliphatic rings. The molecule has 2 rings (SSSR count). The van der Waals surface area contributed by atoms with Crippen LogP contribution in [0, 0.1) is 0 Å². The number of unbranched alkanes of at least 4 members (excludes halogenated alkanes) is 2. The number of sulfonamides is 1. The highest BCUT2D eigenvalue weighted by Crippen LogP contribution is 2.24. The van der Waals surface area contributed by atoms with E-state index in [-0.39, 0.29) is 9.92 Å². The van der Waals surface area contributed by atoms with Crippen LogP contribution in [-0.2, 0) is 10.0 Å². The standard InChI is InChI=1S/C17H21ClN2O2S/c1-2-3-6-13-19-14-9-11-15(12-10-14)20-23(21,22)17-8-5-4-7-16(17)18/h4-5,7-12,19-20H,2-3,6,13H2,1H3. The van der Waals surface area contributed by atoms with Gasteiger partial charge in [-0.3, -0.25) is 4.72 Å². The monoisotopic (exact) mass is 352 g/mol. The molecule has 0 fully saturated rings. The van der Waals surface area contributed by atoms with Gasteiger partial charge in [0.25, 0.3) is 10.0 Å². The Morgan fingerprint density at radius 1 is 0.957 bits per heavy atom. The van der Waals surface area contributed by atoms with Gasteiger partial charge in [0.15, 0.2) is 0 Å². The molecule has 0 atom stereocenters. The largest absolute Gasteiger partial charge is 0.385 e. The third-order valence-corrected chi connectivity index (χ3v) is 5.25. The lowest BCUT2D eigenvalue weighted by Crippen LogP contribution is -2.13. The summed E-state index contributed by atoms with van der Waals surface area (Å²) >= 11 is 5.95. The molecule has 0 aliphatic heterocycles. The fourth-order valence-electron chi connectivity index (χ4n) is 2.14. The Bertz CT molecular complexity index is 731. The second kappa shape index (κ2) is 8.22. The molecule has 23 heavy (non-hydrogen) atoms. The predicted molar refractivity (Wildman–Crippen MR) is 96.7 cm³/mol. The topological polar surface area (TPSA) is 58.2 Å². The highest BCUT2D eigenvalue weighted by Gasteiger charge is 2.17. The Morgan fingerprint density at radius 3 is 2.26 bits per heavy atom. The van der Waals surface area contributed by atoms with E-state index in [9.17, 15) is 8.42 Å². The quantitative estimate of drug-likeness (QED) is 0.674. The lowest BCUT2D eigenvalue weighted by Gasteiger charge is -2.11. The molecule has 0 heterocycles. The lowest BCUT2D eigenvalue weighted by atomic mass is 10.2. The third-order valence-electron chi connectivity index (χ3n) is 3.37. The van der Waals surface area contributed by atoms with Crippen LogP contribution < -0.4 is 10.0 Å². The highest BCUT2D eigenvalue weighted by molar-refractivity contribution is 7.92. The fraction of sp³-hybridized carbons (Fsp3) is 0.294. The maximum Gasteiger partial charge on any atom is 0.263 e. The zero-order valence-electron chi connectivity index (χ0n) is 13.0. The molecular weight excluding hydrogens is 332 g/mol. The first kappa shape index (κ1) is 17.6. The van der Waals surface area contributed by atoms with E-state index in [1.165, 1.54) is 18.9 Å². The second-order valence-corrected chi connectivity index (χ2v) is 7.31. The van der Waals surface area contributed by atoms with Crippen molar-refractivity contribution in [3.05, 3.63) is 53.6 Å². The second-order valence-electron chi connectivity index (χ2n) is 5.25. The Balaban J connectivity index is 2.02. The maximum absolute atomic E-state index is 12.3. The molecule has 0 unspecified atom stereocenters. The van der Waals surface area contributed by atoms with Crippen molar-refractivity contribution >= 4 is 33.0 Å². The van der Waals surface area contributed by atoms with E-state index in [4.69, 9.17) is 11.6 Å². The molecule has 124 valence electrons. The van der Waals surface area contributed by atoms with Crippen LogP contribution in [0.3, 0.4) is 0 Å². The first-order valence-corrected chi connectivity index (χ1v) is 9.50. The Hall–Kier alpha value is -1.72. The summed E-state index contributed by atoms with van der Waals surface area (Å²) in [6.07, 6.45) is 3.50. The normalized spacial score (nSPS) is 11.2. The van der Waals surface area contributed by atoms with E-state index in [1.54, 1.807) is 30.3 Å². The molecule has 0 aliphatic carbocycles. The molecule has 2 aromatic carbocycles. The van der Waals surface area contributed by atoms with Gasteiger partial charge >= 0.3 is 0 Å². The van der Waals surface area contributed by atoms with Crippen LogP contribution in [0.2, 0.25) is 5.02 Å². The van der Waals surface area contributed by atoms with Gasteiger partial charge in [-0.2, -0.15) is 0 Å². The fourth-order valence-corrected chi connectivity index (χ4v) is 3.72. The number of hydrogen-bond acceptors (Lipinski definition) is 3. The Kier molecular flexibility index (Phi) is 6.30. The molecule has 2 N–H and O–H groups in total. The summed E-state index contributed by atoms with van der Waals surface area (Å²) in [7, 11) is -3.68. The van der Waals surface area contributed by atoms with Crippen molar-refractivity contribution in [1.82, 2.24) is 0 Å². The number of hydrogen-bond donors (Lipinski definition) is 2. The molecule has 2 aromatic rings. The number of anilines is 2. The van der Waals surface area contributed by atoms with Crippen LogP contribution in [0.15, 0.2) is 53.4 Å². The van der Waals surface area contributed by atoms with Crippen LogP contribution in [-0.4, -0.2) is 15.0 Å². The zero-order chi connectivity index (χ0) is 16.7. The molecule has 6 heteroatoms. The molecule has 0 spiro atoms. The van der Waals surface area contributed by atoms with Crippen molar-refractivity contribution in [2.75, 3.05) is 16.6 Å². The van der Waals surface area contributed by atoms with Crippen LogP contribution in [0.4, 0.5) is 11.4 Å². The number of rotatable bonds is 8. The van der Waals surface area contributed by atoms with Gasteiger partial charge < -0.3 is 5.32 Å². The molecule has 4 nitrogen and oxygen atoms in total. The van der Waals surface area contributed by atoms with Crippen molar-refractivity contribution in [2.45, 2.75) is 31.1 Å². The lowest BCUT2D eigenvalue weighted by molar-refractivity contribution is 0.601. The minimum atomic E-state index is -3.68. The first-order chi connectivity index (χ1) is 11.0. The van der Waals surface area contributed by atoms with E-state index >= 15 is 0 Å². The van der Waals surface area contributed by atoms with E-state index in [2.05, 4.69) is 17.0 Å². The van der Waals surface area contributed by atoms with Gasteiger partial charge in [0.05, 0.1) is 5.02 Å². The molecule has 0 saturated heterocycles. The molecule has 0 radical (unpaired) electrons. The molecule has 0 amide bonds. The average molecular weight is 353 g/mol.